The highest BCUT2D eigenvalue weighted by molar-refractivity contribution is 9.10. The van der Waals surface area contributed by atoms with E-state index in [1.54, 1.807) is 0 Å². The van der Waals surface area contributed by atoms with Gasteiger partial charge in [0.2, 0.25) is 0 Å². The van der Waals surface area contributed by atoms with E-state index in [4.69, 9.17) is 0 Å². The summed E-state index contributed by atoms with van der Waals surface area (Å²) in [5.41, 5.74) is -0.0894. The standard InChI is InChI=1S/C8H5Br2F2NO2/c9-4-2-1-3-5(6(4)14)13-7(15)8(10,11)12/h1-3,14H,(H,13,15). The second-order valence-corrected chi connectivity index (χ2v) is 4.44. The molecule has 3 nitrogen and oxygen atoms in total. The van der Waals surface area contributed by atoms with Gasteiger partial charge in [-0.1, -0.05) is 6.07 Å². The lowest BCUT2D eigenvalue weighted by molar-refractivity contribution is -0.128. The lowest BCUT2D eigenvalue weighted by Gasteiger charge is -2.11. The Labute approximate surface area is 101 Å². The minimum absolute atomic E-state index is 0.0894. The molecule has 0 atom stereocenters. The summed E-state index contributed by atoms with van der Waals surface area (Å²) >= 11 is 4.89. The van der Waals surface area contributed by atoms with E-state index < -0.39 is 10.7 Å². The number of benzene rings is 1. The zero-order valence-corrected chi connectivity index (χ0v) is 10.3. The fourth-order valence-electron chi connectivity index (χ4n) is 0.809. The van der Waals surface area contributed by atoms with Crippen molar-refractivity contribution >= 4 is 43.5 Å². The highest BCUT2D eigenvalue weighted by atomic mass is 79.9. The van der Waals surface area contributed by atoms with E-state index in [2.05, 4.69) is 15.9 Å². The van der Waals surface area contributed by atoms with Gasteiger partial charge in [-0.2, -0.15) is 8.78 Å². The van der Waals surface area contributed by atoms with Gasteiger partial charge in [0.05, 0.1) is 10.2 Å². The molecule has 0 aliphatic rings. The molecule has 1 aromatic carbocycles. The number of carbonyl (C=O) groups is 1. The van der Waals surface area contributed by atoms with Crippen molar-refractivity contribution in [2.75, 3.05) is 5.32 Å². The third kappa shape index (κ3) is 3.13. The number of halogens is 4. The molecule has 7 heteroatoms. The molecule has 1 rings (SSSR count). The van der Waals surface area contributed by atoms with Gasteiger partial charge in [0.1, 0.15) is 0 Å². The maximum Gasteiger partial charge on any atom is 0.378 e. The minimum Gasteiger partial charge on any atom is -0.505 e. The molecule has 0 saturated carbocycles. The van der Waals surface area contributed by atoms with Crippen LogP contribution in [0.4, 0.5) is 14.5 Å². The third-order valence-electron chi connectivity index (χ3n) is 1.49. The van der Waals surface area contributed by atoms with Crippen LogP contribution >= 0.6 is 31.9 Å². The number of carbonyl (C=O) groups excluding carboxylic acids is 1. The molecule has 0 bridgehead atoms. The van der Waals surface area contributed by atoms with E-state index in [-0.39, 0.29) is 11.4 Å². The van der Waals surface area contributed by atoms with Gasteiger partial charge >= 0.3 is 10.7 Å². The van der Waals surface area contributed by atoms with Crippen LogP contribution in [0.3, 0.4) is 0 Å². The molecule has 15 heavy (non-hydrogen) atoms. The Morgan fingerprint density at radius 3 is 2.60 bits per heavy atom. The number of nitrogens with one attached hydrogen (secondary N) is 1. The third-order valence-corrected chi connectivity index (χ3v) is 2.49. The molecule has 0 radical (unpaired) electrons. The second kappa shape index (κ2) is 4.44. The Hall–Kier alpha value is -0.690. The summed E-state index contributed by atoms with van der Waals surface area (Å²) in [5, 5.41) is 11.3. The van der Waals surface area contributed by atoms with Gasteiger partial charge in [-0.05, 0) is 28.1 Å². The molecule has 2 N–H and O–H groups in total. The smallest absolute Gasteiger partial charge is 0.378 e. The average Bonchev–Trinajstić information content (AvgIpc) is 2.11. The SMILES string of the molecule is O=C(Nc1cccc(Br)c1O)C(F)(F)Br. The van der Waals surface area contributed by atoms with Crippen molar-refractivity contribution in [1.29, 1.82) is 0 Å². The molecule has 0 fully saturated rings. The van der Waals surface area contributed by atoms with Crippen LogP contribution in [0.2, 0.25) is 0 Å². The van der Waals surface area contributed by atoms with Crippen LogP contribution in [0.25, 0.3) is 0 Å². The number of phenols is 1. The first kappa shape index (κ1) is 12.4. The summed E-state index contributed by atoms with van der Waals surface area (Å²) in [7, 11) is 0. The van der Waals surface area contributed by atoms with E-state index in [0.717, 1.165) is 0 Å². The number of aromatic hydroxyl groups is 1. The summed E-state index contributed by atoms with van der Waals surface area (Å²) in [5.74, 6) is -1.85. The predicted octanol–water partition coefficient (Wildman–Crippen LogP) is 3.08. The first-order valence-electron chi connectivity index (χ1n) is 3.68. The minimum atomic E-state index is -3.66. The highest BCUT2D eigenvalue weighted by Crippen LogP contribution is 2.33. The Morgan fingerprint density at radius 2 is 2.07 bits per heavy atom. The first-order valence-corrected chi connectivity index (χ1v) is 5.26. The Balaban J connectivity index is 2.91. The van der Waals surface area contributed by atoms with Crippen molar-refractivity contribution in [3.8, 4) is 5.75 Å². The Kier molecular flexibility index (Phi) is 3.67. The lowest BCUT2D eigenvalue weighted by atomic mass is 10.3. The topological polar surface area (TPSA) is 49.3 Å². The van der Waals surface area contributed by atoms with Crippen molar-refractivity contribution in [1.82, 2.24) is 0 Å². The van der Waals surface area contributed by atoms with Crippen LogP contribution in [-0.4, -0.2) is 15.8 Å². The summed E-state index contributed by atoms with van der Waals surface area (Å²) in [4.78, 5) is 7.20. The number of rotatable bonds is 2. The Morgan fingerprint density at radius 1 is 1.47 bits per heavy atom. The molecular weight excluding hydrogens is 340 g/mol. The van der Waals surface area contributed by atoms with Crippen LogP contribution in [0.1, 0.15) is 0 Å². The number of hydrogen-bond acceptors (Lipinski definition) is 2. The molecule has 0 aliphatic carbocycles. The normalized spacial score (nSPS) is 11.2. The quantitative estimate of drug-likeness (QED) is 0.640. The van der Waals surface area contributed by atoms with Crippen molar-refractivity contribution in [3.63, 3.8) is 0 Å². The van der Waals surface area contributed by atoms with Gasteiger partial charge in [-0.15, -0.1) is 0 Å². The zero-order chi connectivity index (χ0) is 11.6. The molecule has 0 spiro atoms. The molecule has 0 heterocycles. The van der Waals surface area contributed by atoms with Crippen LogP contribution < -0.4 is 5.32 Å². The summed E-state index contributed by atoms with van der Waals surface area (Å²) < 4.78 is 25.2. The summed E-state index contributed by atoms with van der Waals surface area (Å²) in [6, 6.07) is 4.31. The van der Waals surface area contributed by atoms with Gasteiger partial charge < -0.3 is 10.4 Å². The van der Waals surface area contributed by atoms with Gasteiger partial charge in [0, 0.05) is 15.9 Å². The summed E-state index contributed by atoms with van der Waals surface area (Å²) in [6.07, 6.45) is 0. The van der Waals surface area contributed by atoms with E-state index in [1.165, 1.54) is 18.2 Å². The maximum atomic E-state index is 12.4. The molecule has 1 amide bonds. The summed E-state index contributed by atoms with van der Waals surface area (Å²) in [6.45, 7) is 0. The number of alkyl halides is 3. The van der Waals surface area contributed by atoms with Gasteiger partial charge in [0.25, 0.3) is 0 Å². The molecule has 1 aromatic rings. The predicted molar refractivity (Wildman–Crippen MR) is 58.3 cm³/mol. The van der Waals surface area contributed by atoms with Crippen molar-refractivity contribution in [2.24, 2.45) is 0 Å². The fraction of sp³-hybridized carbons (Fsp3) is 0.125. The number of amides is 1. The van der Waals surface area contributed by atoms with Crippen LogP contribution in [-0.2, 0) is 4.79 Å². The van der Waals surface area contributed by atoms with E-state index in [9.17, 15) is 18.7 Å². The lowest BCUT2D eigenvalue weighted by Crippen LogP contribution is -2.28. The zero-order valence-electron chi connectivity index (χ0n) is 7.10. The van der Waals surface area contributed by atoms with Crippen LogP contribution in [0.15, 0.2) is 22.7 Å². The van der Waals surface area contributed by atoms with E-state index >= 15 is 0 Å². The average molecular weight is 345 g/mol. The van der Waals surface area contributed by atoms with Crippen LogP contribution in [0.5, 0.6) is 5.75 Å². The highest BCUT2D eigenvalue weighted by Gasteiger charge is 2.35. The maximum absolute atomic E-state index is 12.4. The van der Waals surface area contributed by atoms with Crippen molar-refractivity contribution in [2.45, 2.75) is 4.83 Å². The number of anilines is 1. The van der Waals surface area contributed by atoms with Crippen molar-refractivity contribution < 1.29 is 18.7 Å². The largest absolute Gasteiger partial charge is 0.505 e. The molecule has 0 saturated heterocycles. The Bertz CT molecular complexity index is 393. The molecule has 0 aliphatic heterocycles. The molecule has 0 aromatic heterocycles. The van der Waals surface area contributed by atoms with E-state index in [0.29, 0.717) is 4.47 Å². The van der Waals surface area contributed by atoms with Crippen LogP contribution in [0, 0.1) is 0 Å². The number of hydrogen-bond donors (Lipinski definition) is 2. The number of para-hydroxylation sites is 1. The van der Waals surface area contributed by atoms with Crippen molar-refractivity contribution in [3.05, 3.63) is 22.7 Å². The fourth-order valence-corrected chi connectivity index (χ4v) is 1.27. The number of phenolic OH excluding ortho intramolecular Hbond substituents is 1. The molecular formula is C8H5Br2F2NO2. The van der Waals surface area contributed by atoms with E-state index in [1.807, 2.05) is 21.2 Å². The van der Waals surface area contributed by atoms with Gasteiger partial charge in [-0.3, -0.25) is 4.79 Å². The first-order chi connectivity index (χ1) is 6.82. The second-order valence-electron chi connectivity index (χ2n) is 2.59. The van der Waals surface area contributed by atoms with Gasteiger partial charge in [0.15, 0.2) is 5.75 Å². The molecule has 82 valence electrons. The molecule has 0 unspecified atom stereocenters. The monoisotopic (exact) mass is 343 g/mol. The van der Waals surface area contributed by atoms with Gasteiger partial charge in [-0.25, -0.2) is 0 Å².